The van der Waals surface area contributed by atoms with E-state index in [1.807, 2.05) is 6.21 Å². The topological polar surface area (TPSA) is 50.7 Å². The number of fused-ring (bicyclic) bond motifs is 2. The number of ether oxygens (including phenoxy) is 1. The first-order valence-electron chi connectivity index (χ1n) is 7.30. The van der Waals surface area contributed by atoms with E-state index in [2.05, 4.69) is 22.7 Å². The van der Waals surface area contributed by atoms with Crippen LogP contribution in [0.25, 0.3) is 0 Å². The molecule has 122 valence electrons. The molecule has 1 aromatic rings. The summed E-state index contributed by atoms with van der Waals surface area (Å²) in [6.07, 6.45) is 8.63. The number of hydrogen-bond donors (Lipinski definition) is 1. The third kappa shape index (κ3) is 4.00. The molecule has 4 nitrogen and oxygen atoms in total. The molecule has 0 aromatic heterocycles. The van der Waals surface area contributed by atoms with Crippen LogP contribution >= 0.6 is 34.8 Å². The minimum Gasteiger partial charge on any atom is -0.482 e. The number of allylic oxidation sites excluding steroid dienone is 2. The van der Waals surface area contributed by atoms with Crippen LogP contribution in [0.3, 0.4) is 0 Å². The molecule has 1 fully saturated rings. The number of hydrazone groups is 1. The minimum absolute atomic E-state index is 0.203. The van der Waals surface area contributed by atoms with Gasteiger partial charge in [-0.2, -0.15) is 5.10 Å². The van der Waals surface area contributed by atoms with Crippen molar-refractivity contribution in [2.75, 3.05) is 6.61 Å². The summed E-state index contributed by atoms with van der Waals surface area (Å²) in [5.41, 5.74) is 2.46. The third-order valence-corrected chi connectivity index (χ3v) is 5.14. The highest BCUT2D eigenvalue weighted by atomic mass is 35.5. The van der Waals surface area contributed by atoms with Crippen molar-refractivity contribution in [1.29, 1.82) is 0 Å². The molecule has 0 radical (unpaired) electrons. The molecule has 2 aliphatic rings. The second-order valence-corrected chi connectivity index (χ2v) is 6.96. The first-order chi connectivity index (χ1) is 11.0. The van der Waals surface area contributed by atoms with E-state index in [0.29, 0.717) is 38.6 Å². The molecule has 3 unspecified atom stereocenters. The number of amides is 1. The summed E-state index contributed by atoms with van der Waals surface area (Å²) in [6, 6.07) is 2.95. The normalized spacial score (nSPS) is 25.3. The Balaban J connectivity index is 1.47. The summed E-state index contributed by atoms with van der Waals surface area (Å²) in [6.45, 7) is -0.203. The smallest absolute Gasteiger partial charge is 0.277 e. The van der Waals surface area contributed by atoms with E-state index < -0.39 is 0 Å². The molecule has 23 heavy (non-hydrogen) atoms. The molecule has 7 heteroatoms. The second kappa shape index (κ2) is 7.12. The molecule has 0 saturated heterocycles. The lowest BCUT2D eigenvalue weighted by Gasteiger charge is -2.12. The van der Waals surface area contributed by atoms with Crippen LogP contribution in [0.2, 0.25) is 15.1 Å². The van der Waals surface area contributed by atoms with Crippen LogP contribution in [0.1, 0.15) is 12.8 Å². The van der Waals surface area contributed by atoms with Gasteiger partial charge in [0.2, 0.25) is 0 Å². The Kier molecular flexibility index (Phi) is 5.14. The maximum atomic E-state index is 11.7. The van der Waals surface area contributed by atoms with Crippen LogP contribution in [0.15, 0.2) is 29.4 Å². The van der Waals surface area contributed by atoms with E-state index in [4.69, 9.17) is 39.5 Å². The van der Waals surface area contributed by atoms with Crippen LogP contribution in [-0.4, -0.2) is 18.7 Å². The molecule has 1 saturated carbocycles. The van der Waals surface area contributed by atoms with Crippen LogP contribution in [0, 0.1) is 17.8 Å². The lowest BCUT2D eigenvalue weighted by atomic mass is 9.95. The maximum Gasteiger partial charge on any atom is 0.277 e. The van der Waals surface area contributed by atoms with E-state index >= 15 is 0 Å². The summed E-state index contributed by atoms with van der Waals surface area (Å²) < 4.78 is 5.33. The zero-order valence-corrected chi connectivity index (χ0v) is 14.4. The lowest BCUT2D eigenvalue weighted by Crippen LogP contribution is -2.25. The highest BCUT2D eigenvalue weighted by molar-refractivity contribution is 6.43. The first kappa shape index (κ1) is 16.6. The quantitative estimate of drug-likeness (QED) is 0.361. The molecular formula is C16H15Cl3N2O2. The van der Waals surface area contributed by atoms with Crippen molar-refractivity contribution in [3.8, 4) is 5.75 Å². The van der Waals surface area contributed by atoms with E-state index in [1.165, 1.54) is 18.6 Å². The Morgan fingerprint density at radius 2 is 2.00 bits per heavy atom. The standard InChI is InChI=1S/C16H15Cl3N2O2/c17-12-5-14(19)15(6-13(12)18)23-8-16(22)21-20-7-11-4-9-1-2-10(11)3-9/h1-2,5-7,9-11H,3-4,8H2,(H,21,22). The van der Waals surface area contributed by atoms with Gasteiger partial charge in [0.05, 0.1) is 15.1 Å². The van der Waals surface area contributed by atoms with Crippen LogP contribution in [0.4, 0.5) is 0 Å². The van der Waals surface area contributed by atoms with Gasteiger partial charge < -0.3 is 4.74 Å². The van der Waals surface area contributed by atoms with Gasteiger partial charge in [0, 0.05) is 18.2 Å². The Bertz CT molecular complexity index is 676. The predicted octanol–water partition coefficient (Wildman–Crippen LogP) is 4.34. The number of benzene rings is 1. The fraction of sp³-hybridized carbons (Fsp3) is 0.375. The Hall–Kier alpha value is -1.23. The summed E-state index contributed by atoms with van der Waals surface area (Å²) in [4.78, 5) is 11.7. The zero-order valence-electron chi connectivity index (χ0n) is 12.1. The molecule has 2 bridgehead atoms. The van der Waals surface area contributed by atoms with Crippen molar-refractivity contribution in [2.45, 2.75) is 12.8 Å². The van der Waals surface area contributed by atoms with Crippen molar-refractivity contribution in [2.24, 2.45) is 22.9 Å². The average Bonchev–Trinajstić information content (AvgIpc) is 3.12. The number of carbonyl (C=O) groups is 1. The van der Waals surface area contributed by atoms with Gasteiger partial charge in [0.25, 0.3) is 5.91 Å². The number of hydrogen-bond acceptors (Lipinski definition) is 3. The largest absolute Gasteiger partial charge is 0.482 e. The number of carbonyl (C=O) groups excluding carboxylic acids is 1. The van der Waals surface area contributed by atoms with Gasteiger partial charge in [0.1, 0.15) is 5.75 Å². The van der Waals surface area contributed by atoms with Gasteiger partial charge in [-0.05, 0) is 30.7 Å². The van der Waals surface area contributed by atoms with Crippen LogP contribution in [-0.2, 0) is 4.79 Å². The van der Waals surface area contributed by atoms with E-state index in [1.54, 1.807) is 0 Å². The highest BCUT2D eigenvalue weighted by Crippen LogP contribution is 2.42. The summed E-state index contributed by atoms with van der Waals surface area (Å²) in [5, 5.41) is 4.96. The van der Waals surface area contributed by atoms with Gasteiger partial charge >= 0.3 is 0 Å². The third-order valence-electron chi connectivity index (χ3n) is 4.12. The molecule has 2 aliphatic carbocycles. The molecule has 0 aliphatic heterocycles. The molecule has 0 spiro atoms. The van der Waals surface area contributed by atoms with Gasteiger partial charge in [-0.15, -0.1) is 0 Å². The van der Waals surface area contributed by atoms with Crippen molar-refractivity contribution < 1.29 is 9.53 Å². The summed E-state index contributed by atoms with van der Waals surface area (Å²) >= 11 is 17.7. The molecule has 0 heterocycles. The molecular weight excluding hydrogens is 359 g/mol. The zero-order chi connectivity index (χ0) is 16.4. The molecule has 1 amide bonds. The highest BCUT2D eigenvalue weighted by Gasteiger charge is 2.34. The lowest BCUT2D eigenvalue weighted by molar-refractivity contribution is -0.123. The second-order valence-electron chi connectivity index (χ2n) is 5.74. The average molecular weight is 374 g/mol. The van der Waals surface area contributed by atoms with Crippen molar-refractivity contribution >= 4 is 46.9 Å². The molecule has 3 atom stereocenters. The number of halogens is 3. The summed E-state index contributed by atoms with van der Waals surface area (Å²) in [5.74, 6) is 1.59. The van der Waals surface area contributed by atoms with Gasteiger partial charge in [-0.25, -0.2) is 5.43 Å². The first-order valence-corrected chi connectivity index (χ1v) is 8.44. The molecule has 1 N–H and O–H groups in total. The van der Waals surface area contributed by atoms with Crippen molar-refractivity contribution in [1.82, 2.24) is 5.43 Å². The SMILES string of the molecule is O=C(COc1cc(Cl)c(Cl)cc1Cl)NN=CC1CC2C=CC1C2. The van der Waals surface area contributed by atoms with E-state index in [9.17, 15) is 4.79 Å². The monoisotopic (exact) mass is 372 g/mol. The predicted molar refractivity (Wildman–Crippen MR) is 92.4 cm³/mol. The number of nitrogens with one attached hydrogen (secondary N) is 1. The van der Waals surface area contributed by atoms with Crippen LogP contribution < -0.4 is 10.2 Å². The van der Waals surface area contributed by atoms with Gasteiger partial charge in [-0.1, -0.05) is 47.0 Å². The van der Waals surface area contributed by atoms with Gasteiger partial charge in [-0.3, -0.25) is 4.79 Å². The number of nitrogens with zero attached hydrogens (tertiary/aromatic N) is 1. The Morgan fingerprint density at radius 3 is 2.70 bits per heavy atom. The maximum absolute atomic E-state index is 11.7. The van der Waals surface area contributed by atoms with Gasteiger partial charge in [0.15, 0.2) is 6.61 Å². The summed E-state index contributed by atoms with van der Waals surface area (Å²) in [7, 11) is 0. The molecule has 3 rings (SSSR count). The Morgan fingerprint density at radius 1 is 1.22 bits per heavy atom. The number of rotatable bonds is 5. The fourth-order valence-electron chi connectivity index (χ4n) is 2.99. The molecule has 1 aromatic carbocycles. The van der Waals surface area contributed by atoms with Crippen molar-refractivity contribution in [3.63, 3.8) is 0 Å². The minimum atomic E-state index is -0.359. The van der Waals surface area contributed by atoms with Crippen LogP contribution in [0.5, 0.6) is 5.75 Å². The van der Waals surface area contributed by atoms with E-state index in [0.717, 1.165) is 6.42 Å². The fourth-order valence-corrected chi connectivity index (χ4v) is 3.58. The Labute approximate surface area is 149 Å². The van der Waals surface area contributed by atoms with E-state index in [-0.39, 0.29) is 12.5 Å². The van der Waals surface area contributed by atoms with Crippen molar-refractivity contribution in [3.05, 3.63) is 39.4 Å².